The Morgan fingerprint density at radius 3 is 2.53 bits per heavy atom. The number of hydrogen-bond acceptors (Lipinski definition) is 5. The Morgan fingerprint density at radius 2 is 2.12 bits per heavy atom. The van der Waals surface area contributed by atoms with E-state index in [0.29, 0.717) is 5.56 Å². The first-order chi connectivity index (χ1) is 8.04. The van der Waals surface area contributed by atoms with Crippen LogP contribution in [0.15, 0.2) is 12.1 Å². The van der Waals surface area contributed by atoms with Crippen molar-refractivity contribution in [2.45, 2.75) is 5.88 Å². The average Bonchev–Trinajstić information content (AvgIpc) is 2.35. The number of nitro benzene ring substituents is 1. The SMILES string of the molecule is COC(=O)c1cc([N+](=O)[O-])c(OC)cc1CCl. The minimum absolute atomic E-state index is 0.0266. The van der Waals surface area contributed by atoms with Crippen molar-refractivity contribution < 1.29 is 19.2 Å². The van der Waals surface area contributed by atoms with Gasteiger partial charge in [0.05, 0.1) is 24.7 Å². The van der Waals surface area contributed by atoms with Crippen LogP contribution in [0.2, 0.25) is 0 Å². The molecule has 17 heavy (non-hydrogen) atoms. The van der Waals surface area contributed by atoms with Gasteiger partial charge in [0, 0.05) is 11.9 Å². The zero-order valence-corrected chi connectivity index (χ0v) is 9.98. The molecule has 0 spiro atoms. The van der Waals surface area contributed by atoms with Gasteiger partial charge < -0.3 is 9.47 Å². The number of alkyl halides is 1. The van der Waals surface area contributed by atoms with Gasteiger partial charge in [0.25, 0.3) is 0 Å². The molecule has 0 bridgehead atoms. The van der Waals surface area contributed by atoms with E-state index in [1.165, 1.54) is 20.3 Å². The van der Waals surface area contributed by atoms with Crippen LogP contribution < -0.4 is 4.74 Å². The zero-order valence-electron chi connectivity index (χ0n) is 9.23. The number of nitro groups is 1. The summed E-state index contributed by atoms with van der Waals surface area (Å²) in [7, 11) is 2.49. The number of ether oxygens (including phenoxy) is 2. The molecule has 0 N–H and O–H groups in total. The summed E-state index contributed by atoms with van der Waals surface area (Å²) in [6.07, 6.45) is 0. The van der Waals surface area contributed by atoms with Crippen molar-refractivity contribution in [1.29, 1.82) is 0 Å². The second-order valence-electron chi connectivity index (χ2n) is 3.06. The Hall–Kier alpha value is -1.82. The topological polar surface area (TPSA) is 78.7 Å². The third-order valence-electron chi connectivity index (χ3n) is 2.15. The van der Waals surface area contributed by atoms with E-state index in [1.54, 1.807) is 0 Å². The summed E-state index contributed by atoms with van der Waals surface area (Å²) in [4.78, 5) is 21.6. The van der Waals surface area contributed by atoms with Gasteiger partial charge in [0.1, 0.15) is 0 Å². The van der Waals surface area contributed by atoms with E-state index >= 15 is 0 Å². The fraction of sp³-hybridized carbons (Fsp3) is 0.300. The Bertz CT molecular complexity index is 460. The Balaban J connectivity index is 3.44. The number of halogens is 1. The number of carbonyl (C=O) groups excluding carboxylic acids is 1. The van der Waals surface area contributed by atoms with E-state index in [-0.39, 0.29) is 22.9 Å². The largest absolute Gasteiger partial charge is 0.490 e. The van der Waals surface area contributed by atoms with Gasteiger partial charge in [-0.2, -0.15) is 0 Å². The van der Waals surface area contributed by atoms with Crippen molar-refractivity contribution >= 4 is 23.3 Å². The summed E-state index contributed by atoms with van der Waals surface area (Å²) >= 11 is 5.66. The third-order valence-corrected chi connectivity index (χ3v) is 2.44. The summed E-state index contributed by atoms with van der Waals surface area (Å²) < 4.78 is 9.39. The fourth-order valence-electron chi connectivity index (χ4n) is 1.33. The second kappa shape index (κ2) is 5.49. The number of carbonyl (C=O) groups is 1. The molecule has 0 saturated carbocycles. The van der Waals surface area contributed by atoms with Crippen molar-refractivity contribution in [1.82, 2.24) is 0 Å². The maximum Gasteiger partial charge on any atom is 0.338 e. The molecule has 1 aromatic carbocycles. The van der Waals surface area contributed by atoms with Gasteiger partial charge in [-0.15, -0.1) is 11.6 Å². The van der Waals surface area contributed by atoms with Gasteiger partial charge in [-0.1, -0.05) is 0 Å². The van der Waals surface area contributed by atoms with Gasteiger partial charge in [-0.3, -0.25) is 10.1 Å². The zero-order chi connectivity index (χ0) is 13.0. The minimum atomic E-state index is -0.675. The highest BCUT2D eigenvalue weighted by Crippen LogP contribution is 2.31. The average molecular weight is 260 g/mol. The van der Waals surface area contributed by atoms with E-state index in [1.807, 2.05) is 0 Å². The number of benzene rings is 1. The Labute approximate surface area is 102 Å². The Morgan fingerprint density at radius 1 is 1.47 bits per heavy atom. The molecular weight excluding hydrogens is 250 g/mol. The molecule has 7 heteroatoms. The summed E-state index contributed by atoms with van der Waals surface area (Å²) in [5, 5.41) is 10.8. The molecule has 0 unspecified atom stereocenters. The summed E-state index contributed by atoms with van der Waals surface area (Å²) in [6, 6.07) is 2.46. The van der Waals surface area contributed by atoms with Crippen LogP contribution in [-0.2, 0) is 10.6 Å². The van der Waals surface area contributed by atoms with E-state index in [0.717, 1.165) is 6.07 Å². The molecule has 0 atom stereocenters. The molecule has 0 amide bonds. The van der Waals surface area contributed by atoms with Gasteiger partial charge in [0.2, 0.25) is 0 Å². The van der Waals surface area contributed by atoms with Crippen LogP contribution in [0, 0.1) is 10.1 Å². The molecule has 0 heterocycles. The lowest BCUT2D eigenvalue weighted by molar-refractivity contribution is -0.385. The summed E-state index contributed by atoms with van der Waals surface area (Å²) in [5.74, 6) is -0.594. The van der Waals surface area contributed by atoms with Crippen LogP contribution in [-0.4, -0.2) is 25.1 Å². The smallest absolute Gasteiger partial charge is 0.338 e. The van der Waals surface area contributed by atoms with Crippen LogP contribution in [0.25, 0.3) is 0 Å². The van der Waals surface area contributed by atoms with Crippen molar-refractivity contribution in [3.05, 3.63) is 33.4 Å². The first-order valence-corrected chi connectivity index (χ1v) is 5.08. The lowest BCUT2D eigenvalue weighted by Crippen LogP contribution is -2.07. The van der Waals surface area contributed by atoms with E-state index in [9.17, 15) is 14.9 Å². The maximum atomic E-state index is 11.4. The standard InChI is InChI=1S/C10H10ClNO5/c1-16-9-3-6(5-11)7(10(13)17-2)4-8(9)12(14)15/h3-4H,5H2,1-2H3. The van der Waals surface area contributed by atoms with Crippen LogP contribution in [0.1, 0.15) is 15.9 Å². The predicted octanol–water partition coefficient (Wildman–Crippen LogP) is 2.13. The van der Waals surface area contributed by atoms with Gasteiger partial charge in [0.15, 0.2) is 5.75 Å². The molecule has 1 aromatic rings. The minimum Gasteiger partial charge on any atom is -0.490 e. The summed E-state index contributed by atoms with van der Waals surface area (Å²) in [6.45, 7) is 0. The van der Waals surface area contributed by atoms with Gasteiger partial charge in [-0.05, 0) is 11.6 Å². The third kappa shape index (κ3) is 2.65. The van der Waals surface area contributed by atoms with Crippen LogP contribution in [0.4, 0.5) is 5.69 Å². The number of rotatable bonds is 4. The van der Waals surface area contributed by atoms with Crippen molar-refractivity contribution in [2.24, 2.45) is 0 Å². The molecule has 0 saturated heterocycles. The molecule has 92 valence electrons. The molecule has 0 radical (unpaired) electrons. The van der Waals surface area contributed by atoms with E-state index < -0.39 is 10.9 Å². The number of hydrogen-bond donors (Lipinski definition) is 0. The molecule has 1 rings (SSSR count). The van der Waals surface area contributed by atoms with Crippen molar-refractivity contribution in [3.63, 3.8) is 0 Å². The number of esters is 1. The molecular formula is C10H10ClNO5. The van der Waals surface area contributed by atoms with Gasteiger partial charge >= 0.3 is 11.7 Å². The lowest BCUT2D eigenvalue weighted by Gasteiger charge is -2.08. The first-order valence-electron chi connectivity index (χ1n) is 4.54. The predicted molar refractivity (Wildman–Crippen MR) is 60.5 cm³/mol. The molecule has 0 aliphatic carbocycles. The van der Waals surface area contributed by atoms with Crippen molar-refractivity contribution in [2.75, 3.05) is 14.2 Å². The fourth-order valence-corrected chi connectivity index (χ4v) is 1.55. The molecule has 0 aromatic heterocycles. The summed E-state index contributed by atoms with van der Waals surface area (Å²) in [5.41, 5.74) is 0.178. The molecule has 0 fully saturated rings. The quantitative estimate of drug-likeness (QED) is 0.358. The highest BCUT2D eigenvalue weighted by atomic mass is 35.5. The highest BCUT2D eigenvalue weighted by molar-refractivity contribution is 6.17. The number of nitrogens with zero attached hydrogens (tertiary/aromatic N) is 1. The molecule has 0 aliphatic heterocycles. The Kier molecular flexibility index (Phi) is 4.28. The maximum absolute atomic E-state index is 11.4. The van der Waals surface area contributed by atoms with E-state index in [2.05, 4.69) is 4.74 Å². The number of methoxy groups -OCH3 is 2. The monoisotopic (exact) mass is 259 g/mol. The lowest BCUT2D eigenvalue weighted by atomic mass is 10.1. The highest BCUT2D eigenvalue weighted by Gasteiger charge is 2.22. The molecule has 0 aliphatic rings. The van der Waals surface area contributed by atoms with Gasteiger partial charge in [-0.25, -0.2) is 4.79 Å². The van der Waals surface area contributed by atoms with Crippen LogP contribution >= 0.6 is 11.6 Å². The first kappa shape index (κ1) is 13.2. The molecule has 6 nitrogen and oxygen atoms in total. The second-order valence-corrected chi connectivity index (χ2v) is 3.33. The van der Waals surface area contributed by atoms with E-state index in [4.69, 9.17) is 16.3 Å². The van der Waals surface area contributed by atoms with Crippen LogP contribution in [0.3, 0.4) is 0 Å². The van der Waals surface area contributed by atoms with Crippen LogP contribution in [0.5, 0.6) is 5.75 Å². The van der Waals surface area contributed by atoms with Crippen molar-refractivity contribution in [3.8, 4) is 5.75 Å². The normalized spacial score (nSPS) is 9.82.